The molecule has 6 nitrogen and oxygen atoms in total. The van der Waals surface area contributed by atoms with Gasteiger partial charge in [-0.05, 0) is 50.5 Å². The quantitative estimate of drug-likeness (QED) is 0.506. The van der Waals surface area contributed by atoms with E-state index in [9.17, 15) is 18.8 Å². The lowest BCUT2D eigenvalue weighted by atomic mass is 9.98. The molecule has 7 heteroatoms. The first-order valence-corrected chi connectivity index (χ1v) is 9.86. The van der Waals surface area contributed by atoms with Crippen molar-refractivity contribution in [3.05, 3.63) is 58.2 Å². The Morgan fingerprint density at radius 3 is 2.33 bits per heavy atom. The van der Waals surface area contributed by atoms with Crippen LogP contribution in [0.25, 0.3) is 0 Å². The van der Waals surface area contributed by atoms with Gasteiger partial charge in [0.15, 0.2) is 5.78 Å². The summed E-state index contributed by atoms with van der Waals surface area (Å²) in [6, 6.07) is 4.64. The fraction of sp³-hybridized carbons (Fsp3) is 0.435. The monoisotopic (exact) mass is 416 g/mol. The van der Waals surface area contributed by atoms with Crippen molar-refractivity contribution in [2.75, 3.05) is 13.7 Å². The van der Waals surface area contributed by atoms with E-state index in [1.165, 1.54) is 36.3 Å². The minimum atomic E-state index is -0.798. The molecule has 162 valence electrons. The summed E-state index contributed by atoms with van der Waals surface area (Å²) in [7, 11) is 2.98. The van der Waals surface area contributed by atoms with Crippen molar-refractivity contribution in [2.24, 2.45) is 13.0 Å². The van der Waals surface area contributed by atoms with Gasteiger partial charge in [0, 0.05) is 30.4 Å². The van der Waals surface area contributed by atoms with Gasteiger partial charge in [0.2, 0.25) is 0 Å². The van der Waals surface area contributed by atoms with Gasteiger partial charge in [0.1, 0.15) is 11.5 Å². The number of Topliss-reactive ketones (excluding diaryl/α,β-unsaturated/α-hetero) is 1. The van der Waals surface area contributed by atoms with Crippen LogP contribution in [-0.2, 0) is 11.8 Å². The van der Waals surface area contributed by atoms with E-state index in [1.54, 1.807) is 32.4 Å². The van der Waals surface area contributed by atoms with E-state index in [1.807, 2.05) is 13.8 Å². The number of nitrogens with zero attached hydrogens (tertiary/aromatic N) is 2. The molecular weight excluding hydrogens is 387 g/mol. The minimum Gasteiger partial charge on any atom is -0.464 e. The van der Waals surface area contributed by atoms with Crippen LogP contribution in [0.5, 0.6) is 0 Å². The molecule has 0 spiro atoms. The van der Waals surface area contributed by atoms with E-state index >= 15 is 0 Å². The maximum absolute atomic E-state index is 13.7. The fourth-order valence-corrected chi connectivity index (χ4v) is 3.67. The maximum atomic E-state index is 13.7. The third-order valence-electron chi connectivity index (χ3n) is 5.30. The first-order valence-electron chi connectivity index (χ1n) is 9.86. The summed E-state index contributed by atoms with van der Waals surface area (Å²) in [4.78, 5) is 40.2. The van der Waals surface area contributed by atoms with Gasteiger partial charge in [-0.15, -0.1) is 0 Å². The van der Waals surface area contributed by atoms with Gasteiger partial charge in [-0.3, -0.25) is 9.59 Å². The third-order valence-corrected chi connectivity index (χ3v) is 5.30. The van der Waals surface area contributed by atoms with Crippen molar-refractivity contribution >= 4 is 17.7 Å². The van der Waals surface area contributed by atoms with Crippen LogP contribution in [0, 0.1) is 25.6 Å². The molecule has 1 amide bonds. The number of carbonyl (C=O) groups excluding carboxylic acids is 3. The van der Waals surface area contributed by atoms with Gasteiger partial charge in [-0.25, -0.2) is 9.18 Å². The zero-order chi connectivity index (χ0) is 22.7. The molecule has 1 atom stereocenters. The average molecular weight is 416 g/mol. The van der Waals surface area contributed by atoms with Crippen LogP contribution in [0.1, 0.15) is 63.2 Å². The highest BCUT2D eigenvalue weighted by atomic mass is 19.1. The second-order valence-electron chi connectivity index (χ2n) is 7.89. The van der Waals surface area contributed by atoms with E-state index in [4.69, 9.17) is 4.74 Å². The molecule has 0 aliphatic rings. The predicted octanol–water partition coefficient (Wildman–Crippen LogP) is 3.94. The van der Waals surface area contributed by atoms with Crippen LogP contribution in [-0.4, -0.2) is 46.8 Å². The molecule has 0 bridgehead atoms. The van der Waals surface area contributed by atoms with Crippen molar-refractivity contribution < 1.29 is 23.5 Å². The van der Waals surface area contributed by atoms with E-state index in [-0.39, 0.29) is 17.3 Å². The number of aromatic nitrogens is 1. The molecule has 0 aliphatic heterocycles. The van der Waals surface area contributed by atoms with Crippen molar-refractivity contribution in [2.45, 2.75) is 40.7 Å². The largest absolute Gasteiger partial charge is 0.464 e. The number of hydrogen-bond acceptors (Lipinski definition) is 4. The Balaban J connectivity index is 2.49. The van der Waals surface area contributed by atoms with Crippen LogP contribution in [0.2, 0.25) is 0 Å². The highest BCUT2D eigenvalue weighted by Gasteiger charge is 2.33. The summed E-state index contributed by atoms with van der Waals surface area (Å²) in [6.45, 7) is 9.32. The first-order chi connectivity index (χ1) is 14.0. The Hall–Kier alpha value is -2.96. The zero-order valence-electron chi connectivity index (χ0n) is 18.6. The van der Waals surface area contributed by atoms with Gasteiger partial charge in [0.05, 0.1) is 13.2 Å². The molecule has 30 heavy (non-hydrogen) atoms. The molecule has 0 saturated carbocycles. The number of methoxy groups -OCH3 is 1. The smallest absolute Gasteiger partial charge is 0.354 e. The molecular formula is C23H29FN2O4. The molecule has 1 heterocycles. The third kappa shape index (κ3) is 4.45. The Labute approximate surface area is 176 Å². The van der Waals surface area contributed by atoms with Crippen LogP contribution in [0.4, 0.5) is 4.39 Å². The lowest BCUT2D eigenvalue weighted by Gasteiger charge is -2.30. The van der Waals surface area contributed by atoms with Crippen molar-refractivity contribution in [3.8, 4) is 0 Å². The fourth-order valence-electron chi connectivity index (χ4n) is 3.67. The Morgan fingerprint density at radius 2 is 1.80 bits per heavy atom. The zero-order valence-corrected chi connectivity index (χ0v) is 18.6. The summed E-state index contributed by atoms with van der Waals surface area (Å²) in [5.74, 6) is -1.63. The van der Waals surface area contributed by atoms with Crippen LogP contribution >= 0.6 is 0 Å². The second-order valence-corrected chi connectivity index (χ2v) is 7.89. The number of ether oxygens (including phenoxy) is 1. The number of benzene rings is 1. The summed E-state index contributed by atoms with van der Waals surface area (Å²) in [5, 5.41) is 0. The highest BCUT2D eigenvalue weighted by molar-refractivity contribution is 6.07. The molecule has 2 aromatic rings. The average Bonchev–Trinajstić information content (AvgIpc) is 2.92. The Bertz CT molecular complexity index is 978. The molecule has 0 unspecified atom stereocenters. The molecule has 1 aromatic carbocycles. The standard InChI is InChI=1S/C23H29FN2O4/c1-13(2)12-26(22(28)17-9-8-10-18(24)11-17)16(5)21(27)19-14(3)20(23(29)30-7)25(6)15(19)4/h8-11,13,16H,12H2,1-7H3/t16-/m0/s1. The van der Waals surface area contributed by atoms with E-state index in [2.05, 4.69) is 0 Å². The number of hydrogen-bond donors (Lipinski definition) is 0. The number of ketones is 1. The van der Waals surface area contributed by atoms with Crippen LogP contribution in [0.15, 0.2) is 24.3 Å². The molecule has 2 rings (SSSR count). The second kappa shape index (κ2) is 9.24. The molecule has 0 fully saturated rings. The van der Waals surface area contributed by atoms with Crippen molar-refractivity contribution in [1.82, 2.24) is 9.47 Å². The van der Waals surface area contributed by atoms with Crippen LogP contribution in [0.3, 0.4) is 0 Å². The van der Waals surface area contributed by atoms with Gasteiger partial charge in [-0.1, -0.05) is 19.9 Å². The molecule has 0 radical (unpaired) electrons. The summed E-state index contributed by atoms with van der Waals surface area (Å²) in [6.07, 6.45) is 0. The SMILES string of the molecule is COC(=O)c1c(C)c(C(=O)[C@H](C)N(CC(C)C)C(=O)c2cccc(F)c2)c(C)n1C. The number of esters is 1. The van der Waals surface area contributed by atoms with Gasteiger partial charge >= 0.3 is 5.97 Å². The maximum Gasteiger partial charge on any atom is 0.354 e. The minimum absolute atomic E-state index is 0.0985. The number of halogens is 1. The van der Waals surface area contributed by atoms with Crippen molar-refractivity contribution in [1.29, 1.82) is 0 Å². The highest BCUT2D eigenvalue weighted by Crippen LogP contribution is 2.25. The molecule has 0 aliphatic carbocycles. The van der Waals surface area contributed by atoms with Gasteiger partial charge in [0.25, 0.3) is 5.91 Å². The lowest BCUT2D eigenvalue weighted by molar-refractivity contribution is 0.0587. The topological polar surface area (TPSA) is 68.6 Å². The Kier molecular flexibility index (Phi) is 7.18. The van der Waals surface area contributed by atoms with Gasteiger partial charge in [-0.2, -0.15) is 0 Å². The van der Waals surface area contributed by atoms with E-state index < -0.39 is 23.7 Å². The van der Waals surface area contributed by atoms with Crippen LogP contribution < -0.4 is 0 Å². The van der Waals surface area contributed by atoms with E-state index in [0.717, 1.165) is 0 Å². The molecule has 0 N–H and O–H groups in total. The molecule has 1 aromatic heterocycles. The van der Waals surface area contributed by atoms with Gasteiger partial charge < -0.3 is 14.2 Å². The van der Waals surface area contributed by atoms with E-state index in [0.29, 0.717) is 29.1 Å². The summed E-state index contributed by atoms with van der Waals surface area (Å²) in [5.41, 5.74) is 2.02. The number of carbonyl (C=O) groups is 3. The Morgan fingerprint density at radius 1 is 1.17 bits per heavy atom. The summed E-state index contributed by atoms with van der Waals surface area (Å²) >= 11 is 0. The predicted molar refractivity (Wildman–Crippen MR) is 112 cm³/mol. The normalized spacial score (nSPS) is 12.0. The molecule has 0 saturated heterocycles. The van der Waals surface area contributed by atoms with Crippen molar-refractivity contribution in [3.63, 3.8) is 0 Å². The number of amides is 1. The lowest BCUT2D eigenvalue weighted by Crippen LogP contribution is -2.45. The number of rotatable bonds is 7. The first kappa shape index (κ1) is 23.3. The summed E-state index contributed by atoms with van der Waals surface area (Å²) < 4.78 is 20.1.